The maximum Gasteiger partial charge on any atom is 0.208 e. The van der Waals surface area contributed by atoms with Crippen molar-refractivity contribution in [1.82, 2.24) is 9.97 Å². The first kappa shape index (κ1) is 23.0. The Kier molecular flexibility index (Phi) is 6.03. The first-order valence-electron chi connectivity index (χ1n) is 9.34. The Balaban J connectivity index is 2.13. The molecule has 3 N–H and O–H groups in total. The molecule has 0 spiro atoms. The van der Waals surface area contributed by atoms with Gasteiger partial charge in [0, 0.05) is 29.9 Å². The number of nitrogens with zero attached hydrogens (tertiary/aromatic N) is 2. The molecule has 0 aliphatic carbocycles. The Morgan fingerprint density at radius 1 is 1.00 bits per heavy atom. The molecule has 1 aliphatic heterocycles. The number of hydrogen-bond acceptors (Lipinski definition) is 10. The predicted octanol–water partition coefficient (Wildman–Crippen LogP) is 0.556. The Morgan fingerprint density at radius 3 is 2.19 bits per heavy atom. The van der Waals surface area contributed by atoms with E-state index in [1.165, 1.54) is 6.20 Å². The number of rotatable bonds is 6. The number of Topliss-reactive ketones (excluding diaryl/α,β-unsaturated/α-hetero) is 3. The van der Waals surface area contributed by atoms with E-state index < -0.39 is 45.3 Å². The van der Waals surface area contributed by atoms with E-state index in [4.69, 9.17) is 4.74 Å². The Morgan fingerprint density at radius 2 is 1.65 bits per heavy atom. The van der Waals surface area contributed by atoms with Gasteiger partial charge in [0.1, 0.15) is 11.4 Å². The average Bonchev–Trinajstić information content (AvgIpc) is 2.74. The number of aromatic nitrogens is 2. The lowest BCUT2D eigenvalue weighted by molar-refractivity contribution is -0.235. The van der Waals surface area contributed by atoms with Crippen LogP contribution < -0.4 is 4.74 Å². The molecule has 2 aromatic rings. The molecule has 164 valence electrons. The van der Waals surface area contributed by atoms with Gasteiger partial charge in [0.2, 0.25) is 5.60 Å². The normalized spacial score (nSPS) is 30.5. The number of ether oxygens (including phenoxy) is 1. The lowest BCUT2D eigenvalue weighted by Gasteiger charge is -2.54. The van der Waals surface area contributed by atoms with Crippen LogP contribution in [-0.2, 0) is 14.4 Å². The first-order valence-corrected chi connectivity index (χ1v) is 10.4. The average molecular weight is 446 g/mol. The quantitative estimate of drug-likeness (QED) is 0.575. The number of ketones is 3. The van der Waals surface area contributed by atoms with Crippen molar-refractivity contribution >= 4 is 29.1 Å². The summed E-state index contributed by atoms with van der Waals surface area (Å²) in [5, 5.41) is 33.6. The minimum Gasteiger partial charge on any atom is -0.474 e. The molecule has 4 atom stereocenters. The van der Waals surface area contributed by atoms with Crippen molar-refractivity contribution in [2.45, 2.75) is 43.0 Å². The molecule has 0 saturated carbocycles. The maximum absolute atomic E-state index is 12.6. The molecule has 31 heavy (non-hydrogen) atoms. The second-order valence-corrected chi connectivity index (χ2v) is 8.40. The third-order valence-electron chi connectivity index (χ3n) is 5.52. The summed E-state index contributed by atoms with van der Waals surface area (Å²) in [6, 6.07) is 6.48. The van der Waals surface area contributed by atoms with E-state index in [2.05, 4.69) is 9.97 Å². The van der Waals surface area contributed by atoms with Crippen molar-refractivity contribution in [2.75, 3.05) is 5.75 Å². The Hall–Kier alpha value is -2.66. The number of carbonyl (C=O) groups excluding carboxylic acids is 3. The van der Waals surface area contributed by atoms with Gasteiger partial charge in [-0.25, -0.2) is 0 Å². The standard InChI is InChI=1S/C21H22N2O7S/c1-12(24)19(27)11-31-18(20(28,13(2)25)21(19,29)14(3)26)30-16-5-4-8-23-17(16)15-6-9-22-10-7-15/h4-10,18,27-29H,11H2,1-3H3/t18-,19-,20-,21-/m0/s1. The summed E-state index contributed by atoms with van der Waals surface area (Å²) >= 11 is 0.736. The van der Waals surface area contributed by atoms with Crippen molar-refractivity contribution in [2.24, 2.45) is 0 Å². The SMILES string of the molecule is CC(=O)[C@]1(O)[C@@](O)(C(C)=O)CS[C@H](Oc2cccnc2-c2ccncc2)[C@@]1(O)C(C)=O. The van der Waals surface area contributed by atoms with Gasteiger partial charge in [-0.05, 0) is 45.0 Å². The topological polar surface area (TPSA) is 147 Å². The van der Waals surface area contributed by atoms with E-state index in [9.17, 15) is 29.7 Å². The third-order valence-corrected chi connectivity index (χ3v) is 6.85. The minimum absolute atomic E-state index is 0.157. The van der Waals surface area contributed by atoms with Gasteiger partial charge in [-0.3, -0.25) is 24.4 Å². The molecule has 0 bridgehead atoms. The minimum atomic E-state index is -3.12. The van der Waals surface area contributed by atoms with E-state index in [0.717, 1.165) is 32.5 Å². The number of thioether (sulfide) groups is 1. The van der Waals surface area contributed by atoms with Crippen LogP contribution in [0.15, 0.2) is 42.9 Å². The molecule has 1 fully saturated rings. The summed E-state index contributed by atoms with van der Waals surface area (Å²) in [7, 11) is 0. The summed E-state index contributed by atoms with van der Waals surface area (Å²) in [5.74, 6) is -3.47. The Labute approximate surface area is 182 Å². The zero-order chi connectivity index (χ0) is 23.0. The molecule has 10 heteroatoms. The van der Waals surface area contributed by atoms with Crippen LogP contribution in [0.4, 0.5) is 0 Å². The van der Waals surface area contributed by atoms with Crippen molar-refractivity contribution in [3.8, 4) is 17.0 Å². The molecule has 9 nitrogen and oxygen atoms in total. The Bertz CT molecular complexity index is 1030. The largest absolute Gasteiger partial charge is 0.474 e. The van der Waals surface area contributed by atoms with Crippen LogP contribution in [0.1, 0.15) is 20.8 Å². The molecule has 2 aromatic heterocycles. The lowest BCUT2D eigenvalue weighted by atomic mass is 9.65. The van der Waals surface area contributed by atoms with Gasteiger partial charge in [-0.1, -0.05) is 0 Å². The van der Waals surface area contributed by atoms with Gasteiger partial charge in [-0.2, -0.15) is 0 Å². The van der Waals surface area contributed by atoms with Gasteiger partial charge >= 0.3 is 0 Å². The fourth-order valence-electron chi connectivity index (χ4n) is 3.69. The highest BCUT2D eigenvalue weighted by Gasteiger charge is 2.75. The summed E-state index contributed by atoms with van der Waals surface area (Å²) < 4.78 is 5.91. The van der Waals surface area contributed by atoms with Crippen LogP contribution in [0.5, 0.6) is 5.75 Å². The molecular formula is C21H22N2O7S. The van der Waals surface area contributed by atoms with Gasteiger partial charge in [0.15, 0.2) is 34.0 Å². The van der Waals surface area contributed by atoms with Crippen LogP contribution >= 0.6 is 11.8 Å². The van der Waals surface area contributed by atoms with E-state index in [-0.39, 0.29) is 5.75 Å². The molecule has 0 unspecified atom stereocenters. The second kappa shape index (κ2) is 8.12. The van der Waals surface area contributed by atoms with Crippen molar-refractivity contribution in [3.05, 3.63) is 42.9 Å². The second-order valence-electron chi connectivity index (χ2n) is 7.35. The predicted molar refractivity (Wildman–Crippen MR) is 111 cm³/mol. The fourth-order valence-corrected chi connectivity index (χ4v) is 5.24. The molecule has 0 amide bonds. The zero-order valence-corrected chi connectivity index (χ0v) is 17.9. The highest BCUT2D eigenvalue weighted by atomic mass is 32.2. The van der Waals surface area contributed by atoms with Crippen LogP contribution in [0, 0.1) is 0 Å². The number of carbonyl (C=O) groups is 3. The van der Waals surface area contributed by atoms with Crippen molar-refractivity contribution < 1.29 is 34.4 Å². The van der Waals surface area contributed by atoms with Gasteiger partial charge < -0.3 is 20.1 Å². The molecule has 1 saturated heterocycles. The van der Waals surface area contributed by atoms with Crippen molar-refractivity contribution in [3.63, 3.8) is 0 Å². The number of aliphatic hydroxyl groups is 3. The zero-order valence-electron chi connectivity index (χ0n) is 17.1. The molecule has 0 radical (unpaired) electrons. The van der Waals surface area contributed by atoms with Crippen LogP contribution in [0.3, 0.4) is 0 Å². The van der Waals surface area contributed by atoms with E-state index in [0.29, 0.717) is 11.3 Å². The highest BCUT2D eigenvalue weighted by Crippen LogP contribution is 2.49. The van der Waals surface area contributed by atoms with Crippen LogP contribution in [0.2, 0.25) is 0 Å². The van der Waals surface area contributed by atoms with Gasteiger partial charge in [-0.15, -0.1) is 11.8 Å². The first-order chi connectivity index (χ1) is 14.5. The summed E-state index contributed by atoms with van der Waals surface area (Å²) in [6.07, 6.45) is 4.63. The lowest BCUT2D eigenvalue weighted by Crippen LogP contribution is -2.82. The van der Waals surface area contributed by atoms with Crippen LogP contribution in [0.25, 0.3) is 11.3 Å². The summed E-state index contributed by atoms with van der Waals surface area (Å²) in [6.45, 7) is 2.81. The maximum atomic E-state index is 12.6. The van der Waals surface area contributed by atoms with Crippen LogP contribution in [-0.4, -0.2) is 70.6 Å². The monoisotopic (exact) mass is 446 g/mol. The molecule has 3 heterocycles. The van der Waals surface area contributed by atoms with Gasteiger partial charge in [0.05, 0.1) is 0 Å². The highest BCUT2D eigenvalue weighted by molar-refractivity contribution is 8.00. The van der Waals surface area contributed by atoms with E-state index in [1.54, 1.807) is 36.7 Å². The van der Waals surface area contributed by atoms with E-state index in [1.807, 2.05) is 0 Å². The number of pyridine rings is 2. The number of hydrogen-bond donors (Lipinski definition) is 3. The molecular weight excluding hydrogens is 424 g/mol. The molecule has 0 aromatic carbocycles. The van der Waals surface area contributed by atoms with E-state index >= 15 is 0 Å². The third kappa shape index (κ3) is 3.35. The fraction of sp³-hybridized carbons (Fsp3) is 0.381. The van der Waals surface area contributed by atoms with Crippen molar-refractivity contribution in [1.29, 1.82) is 0 Å². The molecule has 3 rings (SSSR count). The smallest absolute Gasteiger partial charge is 0.208 e. The summed E-state index contributed by atoms with van der Waals surface area (Å²) in [4.78, 5) is 45.5. The van der Waals surface area contributed by atoms with Gasteiger partial charge in [0.25, 0.3) is 0 Å². The molecule has 1 aliphatic rings. The summed E-state index contributed by atoms with van der Waals surface area (Å²) in [5.41, 5.74) is -9.24.